The summed E-state index contributed by atoms with van der Waals surface area (Å²) in [6, 6.07) is 9.96. The van der Waals surface area contributed by atoms with Crippen molar-refractivity contribution in [1.82, 2.24) is 4.90 Å². The van der Waals surface area contributed by atoms with Crippen LogP contribution in [0.1, 0.15) is 31.2 Å². The molecule has 2 rings (SSSR count). The highest BCUT2D eigenvalue weighted by Gasteiger charge is 2.35. The van der Waals surface area contributed by atoms with Gasteiger partial charge in [0.1, 0.15) is 6.07 Å². The molecule has 0 bridgehead atoms. The molecule has 96 valence electrons. The van der Waals surface area contributed by atoms with Crippen LogP contribution in [-0.2, 0) is 0 Å². The Bertz CT molecular complexity index is 439. The molecule has 0 aromatic heterocycles. The van der Waals surface area contributed by atoms with Gasteiger partial charge in [-0.15, -0.1) is 0 Å². The summed E-state index contributed by atoms with van der Waals surface area (Å²) >= 11 is 0. The molecular formula is C15H21N3. The van der Waals surface area contributed by atoms with E-state index in [0.29, 0.717) is 0 Å². The van der Waals surface area contributed by atoms with Gasteiger partial charge < -0.3 is 10.2 Å². The van der Waals surface area contributed by atoms with Crippen molar-refractivity contribution in [2.45, 2.75) is 31.2 Å². The predicted molar refractivity (Wildman–Crippen MR) is 74.5 cm³/mol. The summed E-state index contributed by atoms with van der Waals surface area (Å²) in [6.07, 6.45) is 5.09. The fourth-order valence-electron chi connectivity index (χ4n) is 2.81. The van der Waals surface area contributed by atoms with E-state index in [9.17, 15) is 0 Å². The number of nitrogens with one attached hydrogen (secondary N) is 1. The molecule has 1 saturated carbocycles. The number of hydrogen-bond donors (Lipinski definition) is 1. The molecule has 0 amide bonds. The maximum absolute atomic E-state index is 9.08. The van der Waals surface area contributed by atoms with Gasteiger partial charge in [-0.1, -0.05) is 25.0 Å². The van der Waals surface area contributed by atoms with Crippen molar-refractivity contribution in [3.05, 3.63) is 29.8 Å². The van der Waals surface area contributed by atoms with Gasteiger partial charge in [0, 0.05) is 12.1 Å². The summed E-state index contributed by atoms with van der Waals surface area (Å²) < 4.78 is 0. The van der Waals surface area contributed by atoms with Crippen LogP contribution in [0.4, 0.5) is 5.69 Å². The van der Waals surface area contributed by atoms with Gasteiger partial charge in [-0.2, -0.15) is 5.26 Å². The highest BCUT2D eigenvalue weighted by Crippen LogP contribution is 2.34. The fourth-order valence-corrected chi connectivity index (χ4v) is 2.81. The summed E-state index contributed by atoms with van der Waals surface area (Å²) in [6.45, 7) is 0.915. The zero-order chi connectivity index (χ0) is 13.0. The average molecular weight is 243 g/mol. The van der Waals surface area contributed by atoms with Crippen molar-refractivity contribution in [1.29, 1.82) is 5.26 Å². The van der Waals surface area contributed by atoms with Crippen LogP contribution in [0.25, 0.3) is 0 Å². The SMILES string of the molecule is CN(C)C1(CNc2ccccc2C#N)CCCC1. The van der Waals surface area contributed by atoms with Crippen molar-refractivity contribution in [3.8, 4) is 6.07 Å². The highest BCUT2D eigenvalue weighted by molar-refractivity contribution is 5.57. The second-order valence-electron chi connectivity index (χ2n) is 5.34. The minimum Gasteiger partial charge on any atom is -0.382 e. The molecule has 0 unspecified atom stereocenters. The summed E-state index contributed by atoms with van der Waals surface area (Å²) in [5.41, 5.74) is 1.93. The molecular weight excluding hydrogens is 222 g/mol. The van der Waals surface area contributed by atoms with Gasteiger partial charge in [0.15, 0.2) is 0 Å². The van der Waals surface area contributed by atoms with Crippen LogP contribution >= 0.6 is 0 Å². The summed E-state index contributed by atoms with van der Waals surface area (Å²) in [7, 11) is 4.31. The van der Waals surface area contributed by atoms with E-state index in [4.69, 9.17) is 5.26 Å². The molecule has 1 aliphatic rings. The number of anilines is 1. The van der Waals surface area contributed by atoms with Crippen molar-refractivity contribution >= 4 is 5.69 Å². The smallest absolute Gasteiger partial charge is 0.101 e. The summed E-state index contributed by atoms with van der Waals surface area (Å²) in [5, 5.41) is 12.5. The van der Waals surface area contributed by atoms with Crippen LogP contribution in [0.3, 0.4) is 0 Å². The molecule has 3 heteroatoms. The van der Waals surface area contributed by atoms with E-state index in [1.807, 2.05) is 24.3 Å². The molecule has 0 aliphatic heterocycles. The van der Waals surface area contributed by atoms with Gasteiger partial charge in [0.05, 0.1) is 11.3 Å². The monoisotopic (exact) mass is 243 g/mol. The average Bonchev–Trinajstić information content (AvgIpc) is 2.87. The Kier molecular flexibility index (Phi) is 3.88. The van der Waals surface area contributed by atoms with Crippen LogP contribution in [0.5, 0.6) is 0 Å². The van der Waals surface area contributed by atoms with Crippen molar-refractivity contribution < 1.29 is 0 Å². The first-order valence-electron chi connectivity index (χ1n) is 6.58. The molecule has 1 N–H and O–H groups in total. The van der Waals surface area contributed by atoms with Crippen LogP contribution in [-0.4, -0.2) is 31.1 Å². The molecule has 1 fully saturated rings. The number of likely N-dealkylation sites (N-methyl/N-ethyl adjacent to an activating group) is 1. The van der Waals surface area contributed by atoms with E-state index < -0.39 is 0 Å². The first-order chi connectivity index (χ1) is 8.68. The molecule has 0 atom stereocenters. The number of para-hydroxylation sites is 1. The van der Waals surface area contributed by atoms with Crippen LogP contribution in [0, 0.1) is 11.3 Å². The third kappa shape index (κ3) is 2.49. The van der Waals surface area contributed by atoms with Gasteiger partial charge in [-0.3, -0.25) is 0 Å². The van der Waals surface area contributed by atoms with Crippen LogP contribution in [0.15, 0.2) is 24.3 Å². The van der Waals surface area contributed by atoms with E-state index in [1.54, 1.807) is 0 Å². The molecule has 0 spiro atoms. The van der Waals surface area contributed by atoms with Gasteiger partial charge in [-0.05, 0) is 39.1 Å². The number of nitrogens with zero attached hydrogens (tertiary/aromatic N) is 2. The minimum absolute atomic E-state index is 0.253. The molecule has 18 heavy (non-hydrogen) atoms. The Balaban J connectivity index is 2.09. The van der Waals surface area contributed by atoms with Gasteiger partial charge >= 0.3 is 0 Å². The zero-order valence-corrected chi connectivity index (χ0v) is 11.2. The first kappa shape index (κ1) is 12.9. The zero-order valence-electron chi connectivity index (χ0n) is 11.2. The van der Waals surface area contributed by atoms with Crippen molar-refractivity contribution in [2.75, 3.05) is 26.0 Å². The van der Waals surface area contributed by atoms with Gasteiger partial charge in [0.25, 0.3) is 0 Å². The minimum atomic E-state index is 0.253. The maximum atomic E-state index is 9.08. The lowest BCUT2D eigenvalue weighted by Gasteiger charge is -2.37. The van der Waals surface area contributed by atoms with Crippen molar-refractivity contribution in [2.24, 2.45) is 0 Å². The van der Waals surface area contributed by atoms with Crippen LogP contribution < -0.4 is 5.32 Å². The maximum Gasteiger partial charge on any atom is 0.101 e. The quantitative estimate of drug-likeness (QED) is 0.883. The van der Waals surface area contributed by atoms with E-state index in [-0.39, 0.29) is 5.54 Å². The number of rotatable bonds is 4. The normalized spacial score (nSPS) is 17.7. The molecule has 1 aliphatic carbocycles. The summed E-state index contributed by atoms with van der Waals surface area (Å²) in [5.74, 6) is 0. The molecule has 1 aromatic carbocycles. The number of nitriles is 1. The van der Waals surface area contributed by atoms with E-state index in [0.717, 1.165) is 17.8 Å². The third-order valence-electron chi connectivity index (χ3n) is 4.14. The lowest BCUT2D eigenvalue weighted by atomic mass is 9.95. The fraction of sp³-hybridized carbons (Fsp3) is 0.533. The van der Waals surface area contributed by atoms with Gasteiger partial charge in [-0.25, -0.2) is 0 Å². The molecule has 3 nitrogen and oxygen atoms in total. The summed E-state index contributed by atoms with van der Waals surface area (Å²) in [4.78, 5) is 2.34. The second-order valence-corrected chi connectivity index (χ2v) is 5.34. The largest absolute Gasteiger partial charge is 0.382 e. The standard InChI is InChI=1S/C15H21N3/c1-18(2)15(9-5-6-10-15)12-17-14-8-4-3-7-13(14)11-16/h3-4,7-8,17H,5-6,9-10,12H2,1-2H3. The second kappa shape index (κ2) is 5.41. The third-order valence-corrected chi connectivity index (χ3v) is 4.14. The first-order valence-corrected chi connectivity index (χ1v) is 6.58. The lowest BCUT2D eigenvalue weighted by Crippen LogP contribution is -2.47. The van der Waals surface area contributed by atoms with Crippen LogP contribution in [0.2, 0.25) is 0 Å². The van der Waals surface area contributed by atoms with E-state index >= 15 is 0 Å². The molecule has 0 heterocycles. The molecule has 1 aromatic rings. The Hall–Kier alpha value is -1.53. The van der Waals surface area contributed by atoms with E-state index in [1.165, 1.54) is 25.7 Å². The predicted octanol–water partition coefficient (Wildman–Crippen LogP) is 2.84. The Labute approximate surface area is 109 Å². The number of hydrogen-bond acceptors (Lipinski definition) is 3. The lowest BCUT2D eigenvalue weighted by molar-refractivity contribution is 0.172. The molecule has 0 saturated heterocycles. The van der Waals surface area contributed by atoms with E-state index in [2.05, 4.69) is 30.4 Å². The van der Waals surface area contributed by atoms with Crippen molar-refractivity contribution in [3.63, 3.8) is 0 Å². The number of benzene rings is 1. The van der Waals surface area contributed by atoms with Gasteiger partial charge in [0.2, 0.25) is 0 Å². The Morgan fingerprint density at radius 2 is 1.94 bits per heavy atom. The topological polar surface area (TPSA) is 39.1 Å². The Morgan fingerprint density at radius 1 is 1.28 bits per heavy atom. The Morgan fingerprint density at radius 3 is 2.56 bits per heavy atom. The highest BCUT2D eigenvalue weighted by atomic mass is 15.2. The molecule has 0 radical (unpaired) electrons.